The highest BCUT2D eigenvalue weighted by Gasteiger charge is 2.32. The summed E-state index contributed by atoms with van der Waals surface area (Å²) in [6.45, 7) is 0.668. The Kier molecular flexibility index (Phi) is 5.55. The fraction of sp³-hybridized carbons (Fsp3) is 0.200. The Morgan fingerprint density at radius 2 is 1.79 bits per heavy atom. The van der Waals surface area contributed by atoms with Gasteiger partial charge in [-0.15, -0.1) is 0 Å². The lowest BCUT2D eigenvalue weighted by Gasteiger charge is -2.33. The molecule has 1 aliphatic rings. The summed E-state index contributed by atoms with van der Waals surface area (Å²) in [5, 5.41) is 15.3. The molecule has 0 aliphatic carbocycles. The van der Waals surface area contributed by atoms with Gasteiger partial charge in [-0.25, -0.2) is 13.1 Å². The third-order valence-electron chi connectivity index (χ3n) is 5.51. The molecule has 0 bridgehead atoms. The normalized spacial score (nSPS) is 15.0. The third kappa shape index (κ3) is 3.91. The summed E-state index contributed by atoms with van der Waals surface area (Å²) >= 11 is 0.956. The fourth-order valence-electron chi connectivity index (χ4n) is 3.75. The summed E-state index contributed by atoms with van der Waals surface area (Å²) in [5.74, 6) is -0.341. The molecule has 1 amide bonds. The molecule has 0 N–H and O–H groups in total. The first kappa shape index (κ1) is 22.1. The lowest BCUT2D eigenvalue weighted by molar-refractivity contribution is -0.384. The number of nitrogens with zero attached hydrogens (tertiary/aromatic N) is 7. The van der Waals surface area contributed by atoms with Gasteiger partial charge < -0.3 is 4.90 Å². The number of fused-ring (bicyclic) bond motifs is 1. The molecule has 0 atom stereocenters. The van der Waals surface area contributed by atoms with E-state index in [2.05, 4.69) is 13.8 Å². The summed E-state index contributed by atoms with van der Waals surface area (Å²) in [6, 6.07) is 12.3. The van der Waals surface area contributed by atoms with Gasteiger partial charge in [0.2, 0.25) is 10.0 Å². The Balaban J connectivity index is 1.29. The SMILES string of the molecule is O=C(c1ccn(-c2cccc([N+](=O)[O-])c2)n1)N1CCN(S(=O)(=O)c2cccc3nsnc23)CC1. The van der Waals surface area contributed by atoms with Crippen LogP contribution < -0.4 is 0 Å². The summed E-state index contributed by atoms with van der Waals surface area (Å²) in [7, 11) is -3.79. The van der Waals surface area contributed by atoms with Gasteiger partial charge in [-0.1, -0.05) is 12.1 Å². The topological polar surface area (TPSA) is 144 Å². The Bertz CT molecular complexity index is 1510. The fourth-order valence-corrected chi connectivity index (χ4v) is 5.93. The van der Waals surface area contributed by atoms with Gasteiger partial charge in [-0.2, -0.15) is 18.2 Å². The van der Waals surface area contributed by atoms with Crippen LogP contribution in [0, 0.1) is 10.1 Å². The zero-order valence-electron chi connectivity index (χ0n) is 17.5. The van der Waals surface area contributed by atoms with E-state index in [4.69, 9.17) is 0 Å². The lowest BCUT2D eigenvalue weighted by atomic mass is 10.3. The minimum atomic E-state index is -3.79. The smallest absolute Gasteiger partial charge is 0.274 e. The van der Waals surface area contributed by atoms with Crippen LogP contribution in [0.5, 0.6) is 0 Å². The zero-order valence-corrected chi connectivity index (χ0v) is 19.1. The number of sulfonamides is 1. The molecule has 14 heteroatoms. The van der Waals surface area contributed by atoms with Crippen LogP contribution in [0.25, 0.3) is 16.7 Å². The monoisotopic (exact) mass is 499 g/mol. The first-order chi connectivity index (χ1) is 16.3. The Labute approximate surface area is 197 Å². The molecular formula is C20H17N7O5S2. The van der Waals surface area contributed by atoms with Crippen molar-refractivity contribution in [3.05, 3.63) is 70.5 Å². The average molecular weight is 500 g/mol. The van der Waals surface area contributed by atoms with Crippen molar-refractivity contribution in [2.75, 3.05) is 26.2 Å². The molecule has 0 radical (unpaired) electrons. The predicted octanol–water partition coefficient (Wildman–Crippen LogP) is 1.93. The molecule has 0 saturated carbocycles. The van der Waals surface area contributed by atoms with E-state index in [1.807, 2.05) is 0 Å². The van der Waals surface area contributed by atoms with E-state index in [9.17, 15) is 23.3 Å². The van der Waals surface area contributed by atoms with E-state index in [0.717, 1.165) is 11.7 Å². The van der Waals surface area contributed by atoms with Crippen LogP contribution in [0.2, 0.25) is 0 Å². The lowest BCUT2D eigenvalue weighted by Crippen LogP contribution is -2.50. The molecule has 1 saturated heterocycles. The summed E-state index contributed by atoms with van der Waals surface area (Å²) in [5.41, 5.74) is 1.41. The Hall–Kier alpha value is -3.75. The first-order valence-corrected chi connectivity index (χ1v) is 12.3. The standard InChI is InChI=1S/C20H17N7O5S2/c28-20(17-7-8-26(21-17)14-3-1-4-15(13-14)27(29)30)24-9-11-25(12-10-24)34(31,32)18-6-2-5-16-19(18)23-33-22-16/h1-8,13H,9-12H2. The predicted molar refractivity (Wildman–Crippen MR) is 122 cm³/mol. The molecular weight excluding hydrogens is 482 g/mol. The Morgan fingerprint density at radius 1 is 1.03 bits per heavy atom. The van der Waals surface area contributed by atoms with E-state index in [-0.39, 0.29) is 48.4 Å². The molecule has 174 valence electrons. The van der Waals surface area contributed by atoms with Gasteiger partial charge in [0.15, 0.2) is 5.69 Å². The van der Waals surface area contributed by atoms with E-state index in [1.54, 1.807) is 30.5 Å². The number of nitro groups is 1. The number of non-ortho nitro benzene ring substituents is 1. The summed E-state index contributed by atoms with van der Waals surface area (Å²) < 4.78 is 37.3. The number of carbonyl (C=O) groups excluding carboxylic acids is 1. The number of carbonyl (C=O) groups is 1. The number of amides is 1. The molecule has 4 aromatic rings. The molecule has 2 aromatic carbocycles. The molecule has 1 aliphatic heterocycles. The van der Waals surface area contributed by atoms with E-state index in [1.165, 1.54) is 38.2 Å². The van der Waals surface area contributed by atoms with Crippen LogP contribution in [0.15, 0.2) is 59.6 Å². The maximum absolute atomic E-state index is 13.2. The molecule has 12 nitrogen and oxygen atoms in total. The van der Waals surface area contributed by atoms with E-state index in [0.29, 0.717) is 16.7 Å². The van der Waals surface area contributed by atoms with E-state index < -0.39 is 14.9 Å². The molecule has 0 unspecified atom stereocenters. The number of nitro benzene ring substituents is 1. The number of hydrogen-bond acceptors (Lipinski definition) is 9. The second kappa shape index (κ2) is 8.55. The van der Waals surface area contributed by atoms with Crippen LogP contribution in [0.4, 0.5) is 5.69 Å². The van der Waals surface area contributed by atoms with Crippen LogP contribution in [0.3, 0.4) is 0 Å². The van der Waals surface area contributed by atoms with Crippen molar-refractivity contribution >= 4 is 44.4 Å². The van der Waals surface area contributed by atoms with Gasteiger partial charge >= 0.3 is 0 Å². The quantitative estimate of drug-likeness (QED) is 0.299. The van der Waals surface area contributed by atoms with E-state index >= 15 is 0 Å². The minimum absolute atomic E-state index is 0.0812. The number of benzene rings is 2. The highest BCUT2D eigenvalue weighted by Crippen LogP contribution is 2.25. The van der Waals surface area contributed by atoms with Gasteiger partial charge in [0.1, 0.15) is 15.9 Å². The molecule has 2 aromatic heterocycles. The van der Waals surface area contributed by atoms with Crippen molar-refractivity contribution in [1.29, 1.82) is 0 Å². The van der Waals surface area contributed by atoms with Crippen molar-refractivity contribution < 1.29 is 18.1 Å². The largest absolute Gasteiger partial charge is 0.335 e. The highest BCUT2D eigenvalue weighted by molar-refractivity contribution is 7.89. The van der Waals surface area contributed by atoms with Gasteiger partial charge in [-0.3, -0.25) is 14.9 Å². The van der Waals surface area contributed by atoms with Gasteiger partial charge in [-0.05, 0) is 24.3 Å². The van der Waals surface area contributed by atoms with Crippen molar-refractivity contribution in [3.63, 3.8) is 0 Å². The number of aromatic nitrogens is 4. The van der Waals surface area contributed by atoms with Crippen molar-refractivity contribution in [3.8, 4) is 5.69 Å². The molecule has 34 heavy (non-hydrogen) atoms. The molecule has 3 heterocycles. The average Bonchev–Trinajstić information content (AvgIpc) is 3.53. The summed E-state index contributed by atoms with van der Waals surface area (Å²) in [6.07, 6.45) is 1.55. The minimum Gasteiger partial charge on any atom is -0.335 e. The molecule has 5 rings (SSSR count). The second-order valence-corrected chi connectivity index (χ2v) is 9.94. The number of piperazine rings is 1. The zero-order chi connectivity index (χ0) is 23.9. The maximum Gasteiger partial charge on any atom is 0.274 e. The van der Waals surface area contributed by atoms with Crippen LogP contribution in [-0.2, 0) is 10.0 Å². The van der Waals surface area contributed by atoms with Gasteiger partial charge in [0.05, 0.1) is 22.3 Å². The second-order valence-electron chi connectivity index (χ2n) is 7.51. The highest BCUT2D eigenvalue weighted by atomic mass is 32.2. The first-order valence-electron chi connectivity index (χ1n) is 10.2. The van der Waals surface area contributed by atoms with Gasteiger partial charge in [0, 0.05) is 44.5 Å². The third-order valence-corrected chi connectivity index (χ3v) is 7.98. The Morgan fingerprint density at radius 3 is 2.56 bits per heavy atom. The maximum atomic E-state index is 13.2. The van der Waals surface area contributed by atoms with Crippen molar-refractivity contribution in [2.45, 2.75) is 4.90 Å². The van der Waals surface area contributed by atoms with Crippen LogP contribution in [0.1, 0.15) is 10.5 Å². The van der Waals surface area contributed by atoms with Crippen molar-refractivity contribution in [2.24, 2.45) is 0 Å². The van der Waals surface area contributed by atoms with Crippen LogP contribution in [-0.4, -0.2) is 73.2 Å². The molecule has 1 fully saturated rings. The summed E-state index contributed by atoms with van der Waals surface area (Å²) in [4.78, 5) is 25.1. The van der Waals surface area contributed by atoms with Crippen LogP contribution >= 0.6 is 11.7 Å². The molecule has 0 spiro atoms. The number of rotatable bonds is 5. The van der Waals surface area contributed by atoms with Gasteiger partial charge in [0.25, 0.3) is 11.6 Å². The van der Waals surface area contributed by atoms with Crippen molar-refractivity contribution in [1.82, 2.24) is 27.7 Å². The number of hydrogen-bond donors (Lipinski definition) is 0.